The highest BCUT2D eigenvalue weighted by molar-refractivity contribution is 5.93. The van der Waals surface area contributed by atoms with E-state index in [2.05, 4.69) is 0 Å². The Morgan fingerprint density at radius 1 is 1.07 bits per heavy atom. The molecule has 0 aliphatic carbocycles. The average molecular weight is 214 g/mol. The molecule has 0 unspecified atom stereocenters. The molecule has 1 heterocycles. The Balaban J connectivity index is 0.00000169. The van der Waals surface area contributed by atoms with E-state index >= 15 is 0 Å². The van der Waals surface area contributed by atoms with Crippen LogP contribution in [0.4, 0.5) is 0 Å². The first-order chi connectivity index (χ1) is 6.04. The van der Waals surface area contributed by atoms with Crippen molar-refractivity contribution in [3.63, 3.8) is 0 Å². The van der Waals surface area contributed by atoms with E-state index in [1.807, 2.05) is 0 Å². The molecule has 0 saturated carbocycles. The van der Waals surface area contributed by atoms with Gasteiger partial charge in [0.15, 0.2) is 0 Å². The summed E-state index contributed by atoms with van der Waals surface area (Å²) in [4.78, 5) is 22.2. The van der Waals surface area contributed by atoms with Crippen molar-refractivity contribution in [2.75, 3.05) is 0 Å². The Morgan fingerprint density at radius 2 is 1.43 bits per heavy atom. The Labute approximate surface area is 89.2 Å². The van der Waals surface area contributed by atoms with Crippen LogP contribution in [-0.4, -0.2) is 11.6 Å². The quantitative estimate of drug-likeness (QED) is 0.418. The lowest BCUT2D eigenvalue weighted by atomic mass is 10.2. The lowest BCUT2D eigenvalue weighted by Gasteiger charge is -1.98. The van der Waals surface area contributed by atoms with Gasteiger partial charge >= 0.3 is 0 Å². The predicted octanol–water partition coefficient (Wildman–Crippen LogP) is -2.08. The highest BCUT2D eigenvalue weighted by Gasteiger charge is 2.18. The monoisotopic (exact) mass is 213 g/mol. The van der Waals surface area contributed by atoms with Crippen molar-refractivity contribution in [1.82, 2.24) is 0 Å². The van der Waals surface area contributed by atoms with Crippen LogP contribution in [0.15, 0.2) is 18.2 Å². The van der Waals surface area contributed by atoms with Crippen LogP contribution in [0.25, 0.3) is 0 Å². The van der Waals surface area contributed by atoms with Gasteiger partial charge in [-0.2, -0.15) is 4.57 Å². The fourth-order valence-electron chi connectivity index (χ4n) is 1.29. The molecule has 4 heteroatoms. The fraction of sp³-hybridized carbons (Fsp3) is 0.300. The van der Waals surface area contributed by atoms with Crippen molar-refractivity contribution in [2.24, 2.45) is 7.05 Å². The lowest BCUT2D eigenvalue weighted by Crippen LogP contribution is -3.00. The molecule has 0 N–H and O–H groups in total. The molecule has 1 rings (SSSR count). The molecular formula is C10H12ClNO2. The van der Waals surface area contributed by atoms with E-state index in [-0.39, 0.29) is 24.0 Å². The number of nitrogens with zero attached hydrogens (tertiary/aromatic N) is 1. The normalized spacial score (nSPS) is 9.07. The van der Waals surface area contributed by atoms with Crippen molar-refractivity contribution in [3.05, 3.63) is 29.6 Å². The van der Waals surface area contributed by atoms with E-state index in [4.69, 9.17) is 0 Å². The topological polar surface area (TPSA) is 38.0 Å². The second-order valence-corrected chi connectivity index (χ2v) is 2.97. The number of ketones is 2. The van der Waals surface area contributed by atoms with Crippen LogP contribution in [0.2, 0.25) is 0 Å². The molecule has 1 aromatic heterocycles. The van der Waals surface area contributed by atoms with E-state index in [9.17, 15) is 9.59 Å². The fourth-order valence-corrected chi connectivity index (χ4v) is 1.29. The number of hydrogen-bond donors (Lipinski definition) is 0. The van der Waals surface area contributed by atoms with E-state index in [0.29, 0.717) is 11.4 Å². The number of carbonyl (C=O) groups excluding carboxylic acids is 2. The van der Waals surface area contributed by atoms with Gasteiger partial charge in [-0.05, 0) is 6.07 Å². The van der Waals surface area contributed by atoms with E-state index in [1.165, 1.54) is 13.8 Å². The van der Waals surface area contributed by atoms with Crippen molar-refractivity contribution >= 4 is 11.6 Å². The third kappa shape index (κ3) is 2.39. The van der Waals surface area contributed by atoms with Crippen molar-refractivity contribution < 1.29 is 26.6 Å². The summed E-state index contributed by atoms with van der Waals surface area (Å²) in [5.41, 5.74) is 1.10. The molecule has 0 bridgehead atoms. The first-order valence-corrected chi connectivity index (χ1v) is 4.05. The van der Waals surface area contributed by atoms with Crippen LogP contribution in [0, 0.1) is 0 Å². The maximum Gasteiger partial charge on any atom is 0.248 e. The van der Waals surface area contributed by atoms with Crippen molar-refractivity contribution in [3.8, 4) is 0 Å². The number of rotatable bonds is 2. The summed E-state index contributed by atoms with van der Waals surface area (Å²) in [6.45, 7) is 2.97. The minimum atomic E-state index is -0.0365. The predicted molar refractivity (Wildman–Crippen MR) is 47.6 cm³/mol. The average Bonchev–Trinajstić information content (AvgIpc) is 2.03. The SMILES string of the molecule is CC(=O)c1cccc(C(C)=O)[n+]1C.[Cl-]. The van der Waals surface area contributed by atoms with Crippen LogP contribution in [0.5, 0.6) is 0 Å². The molecule has 76 valence electrons. The van der Waals surface area contributed by atoms with Gasteiger partial charge in [-0.15, -0.1) is 0 Å². The second kappa shape index (κ2) is 4.86. The van der Waals surface area contributed by atoms with Crippen LogP contribution in [0.1, 0.15) is 34.8 Å². The molecular weight excluding hydrogens is 202 g/mol. The lowest BCUT2D eigenvalue weighted by molar-refractivity contribution is -0.675. The first kappa shape index (κ1) is 12.8. The molecule has 0 fully saturated rings. The first-order valence-electron chi connectivity index (χ1n) is 4.05. The molecule has 0 radical (unpaired) electrons. The molecule has 14 heavy (non-hydrogen) atoms. The molecule has 0 aliphatic heterocycles. The minimum Gasteiger partial charge on any atom is -1.00 e. The third-order valence-electron chi connectivity index (χ3n) is 1.95. The van der Waals surface area contributed by atoms with Gasteiger partial charge in [-0.25, -0.2) is 0 Å². The smallest absolute Gasteiger partial charge is 0.248 e. The van der Waals surface area contributed by atoms with Gasteiger partial charge < -0.3 is 12.4 Å². The summed E-state index contributed by atoms with van der Waals surface area (Å²) in [5.74, 6) is -0.0730. The highest BCUT2D eigenvalue weighted by Crippen LogP contribution is 1.98. The Bertz CT molecular complexity index is 342. The second-order valence-electron chi connectivity index (χ2n) is 2.97. The van der Waals surface area contributed by atoms with E-state index < -0.39 is 0 Å². The van der Waals surface area contributed by atoms with Gasteiger partial charge in [0, 0.05) is 26.0 Å². The van der Waals surface area contributed by atoms with Gasteiger partial charge in [0.2, 0.25) is 23.0 Å². The number of carbonyl (C=O) groups is 2. The molecule has 3 nitrogen and oxygen atoms in total. The maximum atomic E-state index is 11.1. The van der Waals surface area contributed by atoms with E-state index in [0.717, 1.165) is 0 Å². The summed E-state index contributed by atoms with van der Waals surface area (Å²) < 4.78 is 1.62. The van der Waals surface area contributed by atoms with Gasteiger partial charge in [-0.1, -0.05) is 0 Å². The number of Topliss-reactive ketones (excluding diaryl/α,β-unsaturated/α-hetero) is 2. The number of halogens is 1. The van der Waals surface area contributed by atoms with Crippen LogP contribution >= 0.6 is 0 Å². The maximum absolute atomic E-state index is 11.1. The summed E-state index contributed by atoms with van der Waals surface area (Å²) in [6.07, 6.45) is 0. The number of aromatic nitrogens is 1. The zero-order chi connectivity index (χ0) is 10.0. The van der Waals surface area contributed by atoms with Crippen LogP contribution in [-0.2, 0) is 7.05 Å². The number of hydrogen-bond acceptors (Lipinski definition) is 2. The third-order valence-corrected chi connectivity index (χ3v) is 1.95. The Kier molecular flexibility index (Phi) is 4.44. The van der Waals surface area contributed by atoms with Gasteiger partial charge in [0.05, 0.1) is 0 Å². The highest BCUT2D eigenvalue weighted by atomic mass is 35.5. The largest absolute Gasteiger partial charge is 1.00 e. The molecule has 0 aliphatic rings. The molecule has 0 spiro atoms. The van der Waals surface area contributed by atoms with E-state index in [1.54, 1.807) is 29.8 Å². The molecule has 0 atom stereocenters. The Morgan fingerprint density at radius 3 is 1.71 bits per heavy atom. The summed E-state index contributed by atoms with van der Waals surface area (Å²) >= 11 is 0. The van der Waals surface area contributed by atoms with Crippen LogP contribution < -0.4 is 17.0 Å². The summed E-state index contributed by atoms with van der Waals surface area (Å²) in [5, 5.41) is 0. The van der Waals surface area contributed by atoms with Crippen molar-refractivity contribution in [1.29, 1.82) is 0 Å². The van der Waals surface area contributed by atoms with Gasteiger partial charge in [-0.3, -0.25) is 9.59 Å². The standard InChI is InChI=1S/C10H12NO2.ClH/c1-7(12)9-5-4-6-10(8(2)13)11(9)3;/h4-6H,1-3H3;1H/q+1;/p-1. The van der Waals surface area contributed by atoms with Gasteiger partial charge in [0.1, 0.15) is 7.05 Å². The van der Waals surface area contributed by atoms with Crippen LogP contribution in [0.3, 0.4) is 0 Å². The minimum absolute atomic E-state index is 0. The molecule has 0 aromatic carbocycles. The zero-order valence-electron chi connectivity index (χ0n) is 8.37. The molecule has 0 saturated heterocycles. The van der Waals surface area contributed by atoms with Gasteiger partial charge in [0.25, 0.3) is 0 Å². The summed E-state index contributed by atoms with van der Waals surface area (Å²) in [6, 6.07) is 5.12. The molecule has 0 amide bonds. The van der Waals surface area contributed by atoms with Crippen molar-refractivity contribution in [2.45, 2.75) is 13.8 Å². The number of pyridine rings is 1. The zero-order valence-corrected chi connectivity index (χ0v) is 9.13. The Hall–Kier alpha value is -1.22. The summed E-state index contributed by atoms with van der Waals surface area (Å²) in [7, 11) is 1.72. The molecule has 1 aromatic rings.